The molecule has 0 saturated heterocycles. The highest BCUT2D eigenvalue weighted by atomic mass is 32.2. The van der Waals surface area contributed by atoms with Gasteiger partial charge in [0.15, 0.2) is 0 Å². The van der Waals surface area contributed by atoms with Crippen LogP contribution < -0.4 is 19.7 Å². The first kappa shape index (κ1) is 29.4. The Bertz CT molecular complexity index is 1440. The maximum absolute atomic E-state index is 13.8. The average Bonchev–Trinajstić information content (AvgIpc) is 2.81. The maximum atomic E-state index is 13.8. The lowest BCUT2D eigenvalue weighted by atomic mass is 10.0. The second-order valence-electron chi connectivity index (χ2n) is 8.32. The SMILES string of the molecule is Cc1ccccc1S(=O)(=O)NC(=O)N[C@@H](Cc1cc(F)cc(F)c1)C(=O)N(C)c1ccc(OC(F)(F)F)cc1. The predicted molar refractivity (Wildman–Crippen MR) is 130 cm³/mol. The van der Waals surface area contributed by atoms with Crippen LogP contribution in [0.2, 0.25) is 0 Å². The first-order valence-electron chi connectivity index (χ1n) is 11.1. The summed E-state index contributed by atoms with van der Waals surface area (Å²) in [7, 11) is -3.11. The van der Waals surface area contributed by atoms with Gasteiger partial charge in [0.05, 0.1) is 4.90 Å². The third kappa shape index (κ3) is 8.14. The molecular formula is C25H22F5N3O5S. The number of aryl methyl sites for hydroxylation is 1. The molecule has 0 bridgehead atoms. The minimum absolute atomic E-state index is 0.0322. The van der Waals surface area contributed by atoms with Gasteiger partial charge in [-0.3, -0.25) is 4.79 Å². The minimum Gasteiger partial charge on any atom is -0.406 e. The van der Waals surface area contributed by atoms with Crippen LogP contribution in [0.3, 0.4) is 0 Å². The van der Waals surface area contributed by atoms with Crippen molar-refractivity contribution in [2.24, 2.45) is 0 Å². The van der Waals surface area contributed by atoms with E-state index >= 15 is 0 Å². The van der Waals surface area contributed by atoms with Crippen molar-refractivity contribution < 1.29 is 44.7 Å². The van der Waals surface area contributed by atoms with Crippen molar-refractivity contribution in [2.45, 2.75) is 30.6 Å². The van der Waals surface area contributed by atoms with Crippen LogP contribution in [-0.2, 0) is 21.2 Å². The number of carbonyl (C=O) groups is 2. The number of sulfonamides is 1. The van der Waals surface area contributed by atoms with Crippen LogP contribution in [-0.4, -0.2) is 39.8 Å². The Morgan fingerprint density at radius 2 is 1.56 bits per heavy atom. The number of ether oxygens (including phenoxy) is 1. The van der Waals surface area contributed by atoms with E-state index in [0.717, 1.165) is 41.3 Å². The van der Waals surface area contributed by atoms with Gasteiger partial charge in [-0.15, -0.1) is 13.2 Å². The zero-order valence-electron chi connectivity index (χ0n) is 20.4. The third-order valence-electron chi connectivity index (χ3n) is 5.36. The topological polar surface area (TPSA) is 105 Å². The normalized spacial score (nSPS) is 12.4. The van der Waals surface area contributed by atoms with Crippen molar-refractivity contribution in [1.82, 2.24) is 10.0 Å². The fourth-order valence-electron chi connectivity index (χ4n) is 3.62. The Morgan fingerprint density at radius 1 is 0.974 bits per heavy atom. The molecule has 0 saturated carbocycles. The lowest BCUT2D eigenvalue weighted by Gasteiger charge is -2.25. The van der Waals surface area contributed by atoms with Crippen LogP contribution in [0.25, 0.3) is 0 Å². The van der Waals surface area contributed by atoms with Crippen molar-refractivity contribution >= 4 is 27.6 Å². The Balaban J connectivity index is 1.85. The van der Waals surface area contributed by atoms with Gasteiger partial charge in [-0.25, -0.2) is 26.7 Å². The summed E-state index contributed by atoms with van der Waals surface area (Å²) in [4.78, 5) is 26.7. The Morgan fingerprint density at radius 3 is 2.13 bits per heavy atom. The van der Waals surface area contributed by atoms with Gasteiger partial charge in [-0.2, -0.15) is 0 Å². The van der Waals surface area contributed by atoms with Crippen LogP contribution in [0.4, 0.5) is 32.4 Å². The second kappa shape index (κ2) is 11.7. The number of halogens is 5. The van der Waals surface area contributed by atoms with E-state index in [2.05, 4.69) is 10.1 Å². The Labute approximate surface area is 220 Å². The molecule has 14 heteroatoms. The molecule has 3 aromatic rings. The quantitative estimate of drug-likeness (QED) is 0.390. The standard InChI is InChI=1S/C25H22F5N3O5S/c1-15-5-3-4-6-22(15)39(36,37)32-24(35)31-21(13-16-11-17(26)14-18(27)12-16)23(34)33(2)19-7-9-20(10-8-19)38-25(28,29)30/h3-12,14,21H,13H2,1-2H3,(H2,31,32,35)/t21-/m0/s1. The van der Waals surface area contributed by atoms with Crippen molar-refractivity contribution in [3.8, 4) is 5.75 Å². The van der Waals surface area contributed by atoms with Crippen molar-refractivity contribution in [2.75, 3.05) is 11.9 Å². The highest BCUT2D eigenvalue weighted by Crippen LogP contribution is 2.25. The fraction of sp³-hybridized carbons (Fsp3) is 0.200. The first-order chi connectivity index (χ1) is 18.1. The largest absolute Gasteiger partial charge is 0.573 e. The van der Waals surface area contributed by atoms with Gasteiger partial charge in [0.1, 0.15) is 23.4 Å². The molecular weight excluding hydrogens is 549 g/mol. The summed E-state index contributed by atoms with van der Waals surface area (Å²) >= 11 is 0. The van der Waals surface area contributed by atoms with Crippen molar-refractivity contribution in [1.29, 1.82) is 0 Å². The van der Waals surface area contributed by atoms with Gasteiger partial charge in [-0.1, -0.05) is 18.2 Å². The fourth-order valence-corrected chi connectivity index (χ4v) is 4.78. The summed E-state index contributed by atoms with van der Waals surface area (Å²) in [5.41, 5.74) is 0.397. The first-order valence-corrected chi connectivity index (χ1v) is 12.6. The molecule has 39 heavy (non-hydrogen) atoms. The van der Waals surface area contributed by atoms with E-state index in [0.29, 0.717) is 11.6 Å². The molecule has 3 amide bonds. The van der Waals surface area contributed by atoms with E-state index in [-0.39, 0.29) is 16.1 Å². The summed E-state index contributed by atoms with van der Waals surface area (Å²) in [5, 5.41) is 2.20. The van der Waals surface area contributed by atoms with Crippen LogP contribution in [0.15, 0.2) is 71.6 Å². The highest BCUT2D eigenvalue weighted by Gasteiger charge is 2.31. The number of benzene rings is 3. The average molecular weight is 572 g/mol. The molecule has 2 N–H and O–H groups in total. The van der Waals surface area contributed by atoms with Gasteiger partial charge >= 0.3 is 12.4 Å². The van der Waals surface area contributed by atoms with Crippen LogP contribution in [0.1, 0.15) is 11.1 Å². The molecule has 0 spiro atoms. The van der Waals surface area contributed by atoms with Crippen molar-refractivity contribution in [3.05, 3.63) is 89.5 Å². The molecule has 1 atom stereocenters. The monoisotopic (exact) mass is 571 g/mol. The summed E-state index contributed by atoms with van der Waals surface area (Å²) in [6.45, 7) is 1.51. The molecule has 208 valence electrons. The summed E-state index contributed by atoms with van der Waals surface area (Å²) in [6, 6.07) is 9.63. The van der Waals surface area contributed by atoms with Gasteiger partial charge in [0.2, 0.25) is 5.91 Å². The molecule has 0 aliphatic carbocycles. The summed E-state index contributed by atoms with van der Waals surface area (Å²) in [5.74, 6) is -3.31. The lowest BCUT2D eigenvalue weighted by molar-refractivity contribution is -0.274. The van der Waals surface area contributed by atoms with Crippen LogP contribution in [0, 0.1) is 18.6 Å². The number of nitrogens with one attached hydrogen (secondary N) is 2. The van der Waals surface area contributed by atoms with E-state index in [9.17, 15) is 40.0 Å². The van der Waals surface area contributed by atoms with Gasteiger partial charge in [-0.05, 0) is 60.5 Å². The Hall–Kier alpha value is -4.20. The molecule has 0 aliphatic rings. The maximum Gasteiger partial charge on any atom is 0.573 e. The lowest BCUT2D eigenvalue weighted by Crippen LogP contribution is -2.52. The molecule has 3 rings (SSSR count). The number of likely N-dealkylation sites (N-methyl/N-ethyl adjacent to an activating group) is 1. The molecule has 0 aromatic heterocycles. The Kier molecular flexibility index (Phi) is 8.79. The van der Waals surface area contributed by atoms with E-state index < -0.39 is 58.2 Å². The number of hydrogen-bond acceptors (Lipinski definition) is 5. The molecule has 0 aliphatic heterocycles. The van der Waals surface area contributed by atoms with E-state index in [1.54, 1.807) is 10.8 Å². The number of amides is 3. The third-order valence-corrected chi connectivity index (χ3v) is 6.86. The molecule has 3 aromatic carbocycles. The van der Waals surface area contributed by atoms with E-state index in [1.165, 1.54) is 32.2 Å². The van der Waals surface area contributed by atoms with E-state index in [4.69, 9.17) is 0 Å². The van der Waals surface area contributed by atoms with Gasteiger partial charge in [0.25, 0.3) is 10.0 Å². The zero-order chi connectivity index (χ0) is 29.0. The molecule has 0 heterocycles. The number of anilines is 1. The van der Waals surface area contributed by atoms with Crippen molar-refractivity contribution in [3.63, 3.8) is 0 Å². The van der Waals surface area contributed by atoms with E-state index in [1.807, 2.05) is 0 Å². The molecule has 0 unspecified atom stereocenters. The number of hydrogen-bond donors (Lipinski definition) is 2. The number of alkyl halides is 3. The van der Waals surface area contributed by atoms with Crippen LogP contribution in [0.5, 0.6) is 5.75 Å². The summed E-state index contributed by atoms with van der Waals surface area (Å²) in [6.07, 6.45) is -5.38. The number of carbonyl (C=O) groups excluding carboxylic acids is 2. The number of rotatable bonds is 8. The molecule has 0 fully saturated rings. The molecule has 8 nitrogen and oxygen atoms in total. The van der Waals surface area contributed by atoms with Gasteiger partial charge < -0.3 is 15.0 Å². The van der Waals surface area contributed by atoms with Crippen LogP contribution >= 0.6 is 0 Å². The predicted octanol–water partition coefficient (Wildman–Crippen LogP) is 4.43. The highest BCUT2D eigenvalue weighted by molar-refractivity contribution is 7.90. The minimum atomic E-state index is -4.93. The number of urea groups is 1. The number of nitrogens with zero attached hydrogens (tertiary/aromatic N) is 1. The molecule has 0 radical (unpaired) electrons. The zero-order valence-corrected chi connectivity index (χ0v) is 21.2. The van der Waals surface area contributed by atoms with Gasteiger partial charge in [0, 0.05) is 25.2 Å². The second-order valence-corrected chi connectivity index (χ2v) is 9.97. The summed E-state index contributed by atoms with van der Waals surface area (Å²) < 4.78 is 95.8. The smallest absolute Gasteiger partial charge is 0.406 e.